The summed E-state index contributed by atoms with van der Waals surface area (Å²) in [4.78, 5) is 26.2. The number of carbonyl (C=O) groups excluding carboxylic acids is 2. The Balaban J connectivity index is 1.79. The molecule has 0 spiro atoms. The zero-order chi connectivity index (χ0) is 20.5. The number of nitrogens with two attached hydrogens (primary N) is 1. The summed E-state index contributed by atoms with van der Waals surface area (Å²) in [5.41, 5.74) is 7.77. The molecule has 5 heteroatoms. The van der Waals surface area contributed by atoms with Crippen molar-refractivity contribution in [2.24, 2.45) is 5.73 Å². The fourth-order valence-electron chi connectivity index (χ4n) is 2.98. The highest BCUT2D eigenvalue weighted by Crippen LogP contribution is 2.22. The summed E-state index contributed by atoms with van der Waals surface area (Å²) in [5, 5.41) is 0. The van der Waals surface area contributed by atoms with Crippen LogP contribution in [0.15, 0.2) is 84.9 Å². The van der Waals surface area contributed by atoms with Gasteiger partial charge in [-0.2, -0.15) is 0 Å². The Labute approximate surface area is 170 Å². The molecule has 0 atom stereocenters. The second-order valence-electron chi connectivity index (χ2n) is 6.70. The fourth-order valence-corrected chi connectivity index (χ4v) is 2.98. The first-order valence-corrected chi connectivity index (χ1v) is 9.51. The number of hydrogen-bond acceptors (Lipinski definition) is 3. The van der Waals surface area contributed by atoms with Gasteiger partial charge in [-0.15, -0.1) is 0 Å². The maximum absolute atomic E-state index is 13.3. The number of primary amides is 1. The van der Waals surface area contributed by atoms with Gasteiger partial charge in [-0.1, -0.05) is 72.8 Å². The molecule has 0 aliphatic heterocycles. The van der Waals surface area contributed by atoms with Gasteiger partial charge in [0.15, 0.2) is 0 Å². The molecule has 0 aliphatic carbocycles. The summed E-state index contributed by atoms with van der Waals surface area (Å²) < 4.78 is 5.93. The van der Waals surface area contributed by atoms with Gasteiger partial charge in [0.2, 0.25) is 5.91 Å². The third kappa shape index (κ3) is 5.94. The predicted octanol–water partition coefficient (Wildman–Crippen LogP) is 3.78. The van der Waals surface area contributed by atoms with Crippen molar-refractivity contribution in [2.45, 2.75) is 19.6 Å². The number of rotatable bonds is 9. The van der Waals surface area contributed by atoms with E-state index in [0.717, 1.165) is 11.1 Å². The van der Waals surface area contributed by atoms with Gasteiger partial charge >= 0.3 is 0 Å². The molecule has 0 radical (unpaired) electrons. The van der Waals surface area contributed by atoms with Crippen LogP contribution in [-0.2, 0) is 17.9 Å². The van der Waals surface area contributed by atoms with E-state index >= 15 is 0 Å². The number of nitrogens with zero attached hydrogens (tertiary/aromatic N) is 1. The zero-order valence-electron chi connectivity index (χ0n) is 16.2. The number of benzene rings is 3. The number of para-hydroxylation sites is 1. The smallest absolute Gasteiger partial charge is 0.257 e. The quantitative estimate of drug-likeness (QED) is 0.606. The minimum Gasteiger partial charge on any atom is -0.488 e. The maximum Gasteiger partial charge on any atom is 0.257 e. The van der Waals surface area contributed by atoms with E-state index in [-0.39, 0.29) is 18.9 Å². The number of amides is 2. The van der Waals surface area contributed by atoms with E-state index in [2.05, 4.69) is 0 Å². The lowest BCUT2D eigenvalue weighted by Crippen LogP contribution is -2.34. The van der Waals surface area contributed by atoms with Gasteiger partial charge in [0.1, 0.15) is 12.4 Å². The summed E-state index contributed by atoms with van der Waals surface area (Å²) in [6.07, 6.45) is 0.103. The maximum atomic E-state index is 13.3. The Hall–Kier alpha value is -3.60. The molecule has 5 nitrogen and oxygen atoms in total. The minimum absolute atomic E-state index is 0.103. The highest BCUT2D eigenvalue weighted by atomic mass is 16.5. The van der Waals surface area contributed by atoms with Crippen LogP contribution in [0, 0.1) is 0 Å². The van der Waals surface area contributed by atoms with Crippen molar-refractivity contribution in [1.82, 2.24) is 4.90 Å². The van der Waals surface area contributed by atoms with E-state index in [9.17, 15) is 9.59 Å². The second-order valence-corrected chi connectivity index (χ2v) is 6.70. The summed E-state index contributed by atoms with van der Waals surface area (Å²) >= 11 is 0. The largest absolute Gasteiger partial charge is 0.488 e. The molecule has 0 heterocycles. The van der Waals surface area contributed by atoms with Crippen LogP contribution in [0.4, 0.5) is 0 Å². The molecule has 0 saturated heterocycles. The molecule has 0 unspecified atom stereocenters. The average Bonchev–Trinajstić information content (AvgIpc) is 2.76. The molecule has 2 amide bonds. The van der Waals surface area contributed by atoms with Crippen LogP contribution in [-0.4, -0.2) is 23.3 Å². The Kier molecular flexibility index (Phi) is 7.00. The topological polar surface area (TPSA) is 72.6 Å². The highest BCUT2D eigenvalue weighted by Gasteiger charge is 2.20. The SMILES string of the molecule is NC(=O)CCN(Cc1ccccc1)C(=O)c1ccccc1OCc1ccccc1. The molecule has 3 rings (SSSR count). The number of carbonyl (C=O) groups is 2. The van der Waals surface area contributed by atoms with E-state index < -0.39 is 5.91 Å². The van der Waals surface area contributed by atoms with Gasteiger partial charge in [0, 0.05) is 19.5 Å². The zero-order valence-corrected chi connectivity index (χ0v) is 16.2. The molecule has 3 aromatic carbocycles. The molecular weight excluding hydrogens is 364 g/mol. The van der Waals surface area contributed by atoms with Crippen molar-refractivity contribution in [2.75, 3.05) is 6.54 Å². The molecule has 2 N–H and O–H groups in total. The van der Waals surface area contributed by atoms with Gasteiger partial charge < -0.3 is 15.4 Å². The third-order valence-corrected chi connectivity index (χ3v) is 4.49. The Bertz CT molecular complexity index is 943. The lowest BCUT2D eigenvalue weighted by molar-refractivity contribution is -0.118. The van der Waals surface area contributed by atoms with Crippen molar-refractivity contribution in [3.05, 3.63) is 102 Å². The van der Waals surface area contributed by atoms with Crippen LogP contribution >= 0.6 is 0 Å². The highest BCUT2D eigenvalue weighted by molar-refractivity contribution is 5.97. The lowest BCUT2D eigenvalue weighted by atomic mass is 10.1. The van der Waals surface area contributed by atoms with Gasteiger partial charge in [-0.25, -0.2) is 0 Å². The second kappa shape index (κ2) is 10.1. The first-order valence-electron chi connectivity index (χ1n) is 9.51. The summed E-state index contributed by atoms with van der Waals surface area (Å²) in [6, 6.07) is 26.6. The standard InChI is InChI=1S/C24H24N2O3/c25-23(27)15-16-26(17-19-9-3-1-4-10-19)24(28)21-13-7-8-14-22(21)29-18-20-11-5-2-6-12-20/h1-14H,15-18H2,(H2,25,27). The molecule has 3 aromatic rings. The van der Waals surface area contributed by atoms with E-state index in [0.29, 0.717) is 24.5 Å². The summed E-state index contributed by atoms with van der Waals surface area (Å²) in [5.74, 6) is -0.123. The predicted molar refractivity (Wildman–Crippen MR) is 112 cm³/mol. The van der Waals surface area contributed by atoms with Crippen molar-refractivity contribution >= 4 is 11.8 Å². The van der Waals surface area contributed by atoms with Gasteiger partial charge in [-0.05, 0) is 23.3 Å². The molecule has 0 saturated carbocycles. The van der Waals surface area contributed by atoms with Crippen molar-refractivity contribution in [1.29, 1.82) is 0 Å². The van der Waals surface area contributed by atoms with Crippen LogP contribution in [0.5, 0.6) is 5.75 Å². The molecule has 0 aliphatic rings. The van der Waals surface area contributed by atoms with Crippen molar-refractivity contribution < 1.29 is 14.3 Å². The van der Waals surface area contributed by atoms with Gasteiger partial charge in [-0.3, -0.25) is 9.59 Å². The molecule has 0 fully saturated rings. The first kappa shape index (κ1) is 20.1. The van der Waals surface area contributed by atoms with E-state index in [1.54, 1.807) is 23.1 Å². The average molecular weight is 388 g/mol. The number of ether oxygens (including phenoxy) is 1. The molecule has 0 bridgehead atoms. The molecule has 29 heavy (non-hydrogen) atoms. The van der Waals surface area contributed by atoms with Crippen LogP contribution in [0.1, 0.15) is 27.9 Å². The van der Waals surface area contributed by atoms with Crippen LogP contribution in [0.3, 0.4) is 0 Å². The summed E-state index contributed by atoms with van der Waals surface area (Å²) in [7, 11) is 0. The van der Waals surface area contributed by atoms with Crippen molar-refractivity contribution in [3.8, 4) is 5.75 Å². The van der Waals surface area contributed by atoms with Crippen LogP contribution < -0.4 is 10.5 Å². The van der Waals surface area contributed by atoms with E-state index in [1.165, 1.54) is 0 Å². The van der Waals surface area contributed by atoms with E-state index in [1.807, 2.05) is 66.7 Å². The van der Waals surface area contributed by atoms with Crippen LogP contribution in [0.25, 0.3) is 0 Å². The van der Waals surface area contributed by atoms with Gasteiger partial charge in [0.05, 0.1) is 5.56 Å². The Morgan fingerprint density at radius 2 is 1.38 bits per heavy atom. The normalized spacial score (nSPS) is 10.3. The monoisotopic (exact) mass is 388 g/mol. The van der Waals surface area contributed by atoms with E-state index in [4.69, 9.17) is 10.5 Å². The van der Waals surface area contributed by atoms with Crippen molar-refractivity contribution in [3.63, 3.8) is 0 Å². The lowest BCUT2D eigenvalue weighted by Gasteiger charge is -2.23. The fraction of sp³-hybridized carbons (Fsp3) is 0.167. The Morgan fingerprint density at radius 1 is 0.793 bits per heavy atom. The van der Waals surface area contributed by atoms with Gasteiger partial charge in [0.25, 0.3) is 5.91 Å². The first-order chi connectivity index (χ1) is 14.1. The molecule has 0 aromatic heterocycles. The minimum atomic E-state index is -0.440. The molecular formula is C24H24N2O3. The van der Waals surface area contributed by atoms with Crippen LogP contribution in [0.2, 0.25) is 0 Å². The number of hydrogen-bond donors (Lipinski definition) is 1. The summed E-state index contributed by atoms with van der Waals surface area (Å²) in [6.45, 7) is 1.00. The third-order valence-electron chi connectivity index (χ3n) is 4.49. The molecule has 148 valence electrons. The Morgan fingerprint density at radius 3 is 2.03 bits per heavy atom.